The first-order chi connectivity index (χ1) is 9.54. The van der Waals surface area contributed by atoms with Crippen molar-refractivity contribution in [2.75, 3.05) is 13.1 Å². The van der Waals surface area contributed by atoms with Crippen molar-refractivity contribution in [1.82, 2.24) is 4.90 Å². The summed E-state index contributed by atoms with van der Waals surface area (Å²) >= 11 is 0. The van der Waals surface area contributed by atoms with Gasteiger partial charge in [0, 0.05) is 11.6 Å². The first kappa shape index (κ1) is 14.8. The topological polar surface area (TPSA) is 23.5 Å². The van der Waals surface area contributed by atoms with Gasteiger partial charge in [0.05, 0.1) is 12.1 Å². The maximum Gasteiger partial charge on any atom is 0.0772 e. The van der Waals surface area contributed by atoms with E-state index in [-0.39, 0.29) is 0 Å². The van der Waals surface area contributed by atoms with E-state index < -0.39 is 5.60 Å². The van der Waals surface area contributed by atoms with Crippen LogP contribution in [0.1, 0.15) is 32.3 Å². The fourth-order valence-corrected chi connectivity index (χ4v) is 2.38. The molecule has 20 heavy (non-hydrogen) atoms. The first-order valence-electron chi connectivity index (χ1n) is 7.24. The van der Waals surface area contributed by atoms with Gasteiger partial charge in [0.25, 0.3) is 0 Å². The van der Waals surface area contributed by atoms with Crippen LogP contribution < -0.4 is 0 Å². The molecule has 1 aliphatic rings. The number of nitrogens with zero attached hydrogens (tertiary/aromatic N) is 1. The second-order valence-corrected chi connectivity index (χ2v) is 5.86. The predicted molar refractivity (Wildman–Crippen MR) is 83.4 cm³/mol. The van der Waals surface area contributed by atoms with Crippen molar-refractivity contribution in [2.45, 2.75) is 38.3 Å². The van der Waals surface area contributed by atoms with Gasteiger partial charge < -0.3 is 5.11 Å². The highest BCUT2D eigenvalue weighted by Gasteiger charge is 2.21. The average Bonchev–Trinajstić information content (AvgIpc) is 2.84. The van der Waals surface area contributed by atoms with Crippen LogP contribution in [-0.4, -0.2) is 34.7 Å². The number of hydrogen-bond acceptors (Lipinski definition) is 2. The zero-order valence-electron chi connectivity index (χ0n) is 12.3. The monoisotopic (exact) mass is 269 g/mol. The first-order valence-corrected chi connectivity index (χ1v) is 7.24. The summed E-state index contributed by atoms with van der Waals surface area (Å²) in [5, 5.41) is 9.76. The van der Waals surface area contributed by atoms with Crippen molar-refractivity contribution in [3.05, 3.63) is 48.0 Å². The summed E-state index contributed by atoms with van der Waals surface area (Å²) in [6.07, 6.45) is 6.37. The van der Waals surface area contributed by atoms with Crippen molar-refractivity contribution in [2.24, 2.45) is 0 Å². The van der Waals surface area contributed by atoms with Gasteiger partial charge in [0.2, 0.25) is 0 Å². The summed E-state index contributed by atoms with van der Waals surface area (Å²) < 4.78 is 0. The van der Waals surface area contributed by atoms with Crippen LogP contribution in [0.15, 0.2) is 42.5 Å². The molecule has 2 heteroatoms. The van der Waals surface area contributed by atoms with E-state index in [4.69, 9.17) is 0 Å². The molecule has 0 spiro atoms. The van der Waals surface area contributed by atoms with Gasteiger partial charge in [-0.25, -0.2) is 0 Å². The molecule has 1 unspecified atom stereocenters. The molecule has 0 bridgehead atoms. The van der Waals surface area contributed by atoms with Gasteiger partial charge in [-0.3, -0.25) is 4.90 Å². The molecule has 0 radical (unpaired) electrons. The molecule has 1 saturated heterocycles. The van der Waals surface area contributed by atoms with E-state index in [1.54, 1.807) is 13.8 Å². The Balaban J connectivity index is 1.92. The Kier molecular flexibility index (Phi) is 5.00. The lowest BCUT2D eigenvalue weighted by Gasteiger charge is -2.20. The summed E-state index contributed by atoms with van der Waals surface area (Å²) in [7, 11) is 0. The van der Waals surface area contributed by atoms with E-state index in [9.17, 15) is 5.11 Å². The normalized spacial score (nSPS) is 20.1. The van der Waals surface area contributed by atoms with Gasteiger partial charge in [-0.15, -0.1) is 0 Å². The Bertz CT molecular complexity index is 502. The van der Waals surface area contributed by atoms with Crippen LogP contribution in [0.2, 0.25) is 0 Å². The van der Waals surface area contributed by atoms with Gasteiger partial charge in [-0.2, -0.15) is 0 Å². The molecule has 2 nitrogen and oxygen atoms in total. The maximum absolute atomic E-state index is 9.76. The molecular weight excluding hydrogens is 246 g/mol. The number of likely N-dealkylation sites (tertiary alicyclic amines) is 1. The molecule has 1 N–H and O–H groups in total. The molecule has 1 aliphatic heterocycles. The van der Waals surface area contributed by atoms with Crippen molar-refractivity contribution < 1.29 is 5.11 Å². The molecule has 0 aromatic heterocycles. The highest BCUT2D eigenvalue weighted by molar-refractivity contribution is 5.33. The predicted octanol–water partition coefficient (Wildman–Crippen LogP) is 2.83. The quantitative estimate of drug-likeness (QED) is 0.674. The average molecular weight is 269 g/mol. The number of rotatable bonds is 3. The van der Waals surface area contributed by atoms with Crippen LogP contribution in [-0.2, 0) is 0 Å². The standard InChI is InChI=1S/C18H23NO/c1-18(2,20)13-12-17-11-7-15-19(17)14-6-10-16-8-4-3-5-9-16/h3-5,8-9,12-13,17,20H,7,11,14-15H2,1-2H3/b13-12+. The molecule has 1 fully saturated rings. The van der Waals surface area contributed by atoms with Gasteiger partial charge in [0.1, 0.15) is 0 Å². The highest BCUT2D eigenvalue weighted by Crippen LogP contribution is 2.18. The van der Waals surface area contributed by atoms with Crippen molar-refractivity contribution in [1.29, 1.82) is 0 Å². The van der Waals surface area contributed by atoms with Crippen LogP contribution in [0.25, 0.3) is 0 Å². The minimum atomic E-state index is -0.732. The van der Waals surface area contributed by atoms with E-state index in [0.29, 0.717) is 6.04 Å². The van der Waals surface area contributed by atoms with Gasteiger partial charge in [-0.05, 0) is 45.4 Å². The van der Waals surface area contributed by atoms with E-state index in [0.717, 1.165) is 25.1 Å². The number of aliphatic hydroxyl groups is 1. The summed E-state index contributed by atoms with van der Waals surface area (Å²) in [6.45, 7) is 5.48. The molecule has 1 aromatic rings. The molecule has 2 rings (SSSR count). The molecule has 1 heterocycles. The van der Waals surface area contributed by atoms with Crippen LogP contribution in [0.3, 0.4) is 0 Å². The van der Waals surface area contributed by atoms with Crippen molar-refractivity contribution in [3.63, 3.8) is 0 Å². The Morgan fingerprint density at radius 1 is 1.35 bits per heavy atom. The zero-order chi connectivity index (χ0) is 14.4. The third-order valence-electron chi connectivity index (χ3n) is 3.43. The van der Waals surface area contributed by atoms with Crippen LogP contribution in [0.5, 0.6) is 0 Å². The lowest BCUT2D eigenvalue weighted by atomic mass is 10.1. The lowest BCUT2D eigenvalue weighted by molar-refractivity contribution is 0.132. The third kappa shape index (κ3) is 4.85. The number of benzene rings is 1. The summed E-state index contributed by atoms with van der Waals surface area (Å²) in [4.78, 5) is 2.37. The van der Waals surface area contributed by atoms with Crippen molar-refractivity contribution in [3.8, 4) is 11.8 Å². The van der Waals surface area contributed by atoms with Gasteiger partial charge in [-0.1, -0.05) is 42.2 Å². The Morgan fingerprint density at radius 3 is 2.80 bits per heavy atom. The molecule has 0 aliphatic carbocycles. The fraction of sp³-hybridized carbons (Fsp3) is 0.444. The lowest BCUT2D eigenvalue weighted by Crippen LogP contribution is -2.29. The Morgan fingerprint density at radius 2 is 2.10 bits per heavy atom. The number of hydrogen-bond donors (Lipinski definition) is 1. The Hall–Kier alpha value is -1.56. The molecule has 106 valence electrons. The van der Waals surface area contributed by atoms with Crippen LogP contribution in [0, 0.1) is 11.8 Å². The van der Waals surface area contributed by atoms with Crippen molar-refractivity contribution >= 4 is 0 Å². The largest absolute Gasteiger partial charge is 0.386 e. The minimum Gasteiger partial charge on any atom is -0.386 e. The Labute approximate surface area is 122 Å². The second kappa shape index (κ2) is 6.74. The van der Waals surface area contributed by atoms with E-state index >= 15 is 0 Å². The maximum atomic E-state index is 9.76. The summed E-state index contributed by atoms with van der Waals surface area (Å²) in [5.41, 5.74) is 0.333. The van der Waals surface area contributed by atoms with E-state index in [2.05, 4.69) is 22.8 Å². The molecular formula is C18H23NO. The molecule has 1 aromatic carbocycles. The molecule has 0 amide bonds. The molecule has 1 atom stereocenters. The fourth-order valence-electron chi connectivity index (χ4n) is 2.38. The van der Waals surface area contributed by atoms with Gasteiger partial charge >= 0.3 is 0 Å². The SMILES string of the molecule is CC(C)(O)/C=C/C1CCCN1CC#Cc1ccccc1. The summed E-state index contributed by atoms with van der Waals surface area (Å²) in [6, 6.07) is 10.5. The van der Waals surface area contributed by atoms with Crippen LogP contribution in [0.4, 0.5) is 0 Å². The molecule has 0 saturated carbocycles. The minimum absolute atomic E-state index is 0.409. The van der Waals surface area contributed by atoms with E-state index in [1.807, 2.05) is 36.4 Å². The van der Waals surface area contributed by atoms with Gasteiger partial charge in [0.15, 0.2) is 0 Å². The zero-order valence-corrected chi connectivity index (χ0v) is 12.3. The second-order valence-electron chi connectivity index (χ2n) is 5.86. The highest BCUT2D eigenvalue weighted by atomic mass is 16.3. The third-order valence-corrected chi connectivity index (χ3v) is 3.43. The smallest absolute Gasteiger partial charge is 0.0772 e. The van der Waals surface area contributed by atoms with E-state index in [1.165, 1.54) is 6.42 Å². The van der Waals surface area contributed by atoms with Crippen LogP contribution >= 0.6 is 0 Å². The summed E-state index contributed by atoms with van der Waals surface area (Å²) in [5.74, 6) is 6.45.